The minimum absolute atomic E-state index is 0.0389. The number of nitrogens with one attached hydrogen (secondary N) is 2. The van der Waals surface area contributed by atoms with Crippen LogP contribution in [0, 0.1) is 5.92 Å². The maximum Gasteiger partial charge on any atom is 0.227 e. The van der Waals surface area contributed by atoms with Gasteiger partial charge in [-0.15, -0.1) is 0 Å². The number of ether oxygens (including phenoxy) is 1. The fraction of sp³-hybridized carbons (Fsp3) is 0.320. The number of aliphatic hydroxyl groups is 1. The maximum atomic E-state index is 10.5. The molecule has 0 aliphatic rings. The smallest absolute Gasteiger partial charge is 0.227 e. The number of fused-ring (bicyclic) bond motifs is 1. The van der Waals surface area contributed by atoms with Gasteiger partial charge in [0.05, 0.1) is 32.6 Å². The second kappa shape index (κ2) is 10.4. The molecule has 1 unspecified atom stereocenters. The summed E-state index contributed by atoms with van der Waals surface area (Å²) < 4.78 is 7.18. The Morgan fingerprint density at radius 1 is 1.06 bits per heavy atom. The second-order valence-electron chi connectivity index (χ2n) is 8.43. The Labute approximate surface area is 198 Å². The average molecular weight is 463 g/mol. The zero-order valence-electron chi connectivity index (χ0n) is 19.6. The van der Waals surface area contributed by atoms with Crippen molar-refractivity contribution < 1.29 is 14.9 Å². The minimum Gasteiger partial charge on any atom is -0.504 e. The summed E-state index contributed by atoms with van der Waals surface area (Å²) in [6.45, 7) is 4.93. The summed E-state index contributed by atoms with van der Waals surface area (Å²) in [7, 11) is 1.52. The first-order chi connectivity index (χ1) is 16.5. The first kappa shape index (κ1) is 23.3. The molecule has 34 heavy (non-hydrogen) atoms. The number of aromatic hydroxyl groups is 1. The van der Waals surface area contributed by atoms with Crippen LogP contribution in [0.2, 0.25) is 0 Å². The van der Waals surface area contributed by atoms with Crippen molar-refractivity contribution in [3.05, 3.63) is 66.0 Å². The molecule has 2 aromatic carbocycles. The van der Waals surface area contributed by atoms with E-state index in [9.17, 15) is 10.2 Å². The summed E-state index contributed by atoms with van der Waals surface area (Å²) in [5.74, 6) is 1.60. The summed E-state index contributed by atoms with van der Waals surface area (Å²) in [6, 6.07) is 15.2. The van der Waals surface area contributed by atoms with Gasteiger partial charge in [-0.1, -0.05) is 56.3 Å². The molecule has 4 aromatic rings. The average Bonchev–Trinajstić information content (AvgIpc) is 3.24. The lowest BCUT2D eigenvalue weighted by atomic mass is 10.1. The van der Waals surface area contributed by atoms with Crippen LogP contribution in [0.1, 0.15) is 25.0 Å². The number of methoxy groups -OCH3 is 1. The normalized spacial score (nSPS) is 12.1. The Morgan fingerprint density at radius 3 is 2.56 bits per heavy atom. The molecule has 0 aliphatic carbocycles. The Hall–Kier alpha value is -3.85. The van der Waals surface area contributed by atoms with E-state index < -0.39 is 0 Å². The molecule has 0 radical (unpaired) electrons. The third-order valence-corrected chi connectivity index (χ3v) is 5.72. The highest BCUT2D eigenvalue weighted by molar-refractivity contribution is 5.84. The van der Waals surface area contributed by atoms with Crippen molar-refractivity contribution in [2.45, 2.75) is 33.0 Å². The molecule has 0 aliphatic heterocycles. The van der Waals surface area contributed by atoms with E-state index in [-0.39, 0.29) is 24.3 Å². The molecule has 9 nitrogen and oxygen atoms in total. The number of hydrogen-bond acceptors (Lipinski definition) is 8. The first-order valence-electron chi connectivity index (χ1n) is 11.2. The van der Waals surface area contributed by atoms with Crippen molar-refractivity contribution in [2.75, 3.05) is 24.4 Å². The molecule has 0 fully saturated rings. The number of para-hydroxylation sites is 1. The SMILES string of the molecule is COc1cccc(CNc2nc(NC(CO)C(C)C)nc3c2ncn3Cc2ccccc2)c1O. The van der Waals surface area contributed by atoms with Crippen LogP contribution in [0.25, 0.3) is 11.2 Å². The molecule has 0 saturated heterocycles. The lowest BCUT2D eigenvalue weighted by Gasteiger charge is -2.20. The van der Waals surface area contributed by atoms with Crippen LogP contribution in [-0.4, -0.2) is 49.5 Å². The quantitative estimate of drug-likeness (QED) is 0.282. The lowest BCUT2D eigenvalue weighted by Crippen LogP contribution is -2.30. The summed E-state index contributed by atoms with van der Waals surface area (Å²) in [6.07, 6.45) is 1.75. The van der Waals surface area contributed by atoms with Crippen molar-refractivity contribution in [2.24, 2.45) is 5.92 Å². The number of phenols is 1. The van der Waals surface area contributed by atoms with Crippen molar-refractivity contribution in [3.63, 3.8) is 0 Å². The number of imidazole rings is 1. The van der Waals surface area contributed by atoms with Crippen LogP contribution in [0.4, 0.5) is 11.8 Å². The maximum absolute atomic E-state index is 10.5. The van der Waals surface area contributed by atoms with Gasteiger partial charge >= 0.3 is 0 Å². The molecule has 0 bridgehead atoms. The van der Waals surface area contributed by atoms with Crippen molar-refractivity contribution in [1.29, 1.82) is 0 Å². The third-order valence-electron chi connectivity index (χ3n) is 5.72. The fourth-order valence-corrected chi connectivity index (χ4v) is 3.67. The van der Waals surface area contributed by atoms with E-state index in [2.05, 4.69) is 32.7 Å². The van der Waals surface area contributed by atoms with E-state index in [0.29, 0.717) is 47.3 Å². The number of rotatable bonds is 10. The summed E-state index contributed by atoms with van der Waals surface area (Å²) >= 11 is 0. The van der Waals surface area contributed by atoms with E-state index in [4.69, 9.17) is 9.72 Å². The van der Waals surface area contributed by atoms with Crippen LogP contribution in [0.15, 0.2) is 54.9 Å². The second-order valence-corrected chi connectivity index (χ2v) is 8.43. The highest BCUT2D eigenvalue weighted by Gasteiger charge is 2.18. The number of nitrogens with zero attached hydrogens (tertiary/aromatic N) is 4. The molecule has 1 atom stereocenters. The lowest BCUT2D eigenvalue weighted by molar-refractivity contribution is 0.248. The summed E-state index contributed by atoms with van der Waals surface area (Å²) in [5.41, 5.74) is 3.08. The number of aliphatic hydroxyl groups excluding tert-OH is 1. The topological polar surface area (TPSA) is 117 Å². The standard InChI is InChI=1S/C25H30N6O3/c1-16(2)19(14-32)28-25-29-23(26-12-18-10-7-11-20(34-3)22(18)33)21-24(30-25)31(15-27-21)13-17-8-5-4-6-9-17/h4-11,15-16,19,32-33H,12-14H2,1-3H3,(H2,26,28,29,30). The van der Waals surface area contributed by atoms with Gasteiger partial charge in [-0.3, -0.25) is 0 Å². The largest absolute Gasteiger partial charge is 0.504 e. The van der Waals surface area contributed by atoms with Gasteiger partial charge in [0.15, 0.2) is 28.5 Å². The van der Waals surface area contributed by atoms with Gasteiger partial charge in [0.25, 0.3) is 0 Å². The van der Waals surface area contributed by atoms with E-state index in [1.807, 2.05) is 48.7 Å². The van der Waals surface area contributed by atoms with Crippen LogP contribution < -0.4 is 15.4 Å². The Balaban J connectivity index is 1.70. The highest BCUT2D eigenvalue weighted by Crippen LogP contribution is 2.30. The highest BCUT2D eigenvalue weighted by atomic mass is 16.5. The van der Waals surface area contributed by atoms with Gasteiger partial charge in [0.1, 0.15) is 0 Å². The molecule has 4 rings (SSSR count). The zero-order valence-corrected chi connectivity index (χ0v) is 19.6. The number of hydrogen-bond donors (Lipinski definition) is 4. The Kier molecular flexibility index (Phi) is 7.12. The number of benzene rings is 2. The molecule has 9 heteroatoms. The van der Waals surface area contributed by atoms with Crippen LogP contribution in [0.3, 0.4) is 0 Å². The molecular weight excluding hydrogens is 432 g/mol. The van der Waals surface area contributed by atoms with E-state index in [1.54, 1.807) is 12.4 Å². The van der Waals surface area contributed by atoms with Gasteiger partial charge < -0.3 is 30.2 Å². The number of phenolic OH excluding ortho intramolecular Hbond substituents is 1. The molecule has 178 valence electrons. The molecule has 4 N–H and O–H groups in total. The predicted molar refractivity (Wildman–Crippen MR) is 132 cm³/mol. The molecule has 0 amide bonds. The first-order valence-corrected chi connectivity index (χ1v) is 11.2. The van der Waals surface area contributed by atoms with Crippen LogP contribution in [0.5, 0.6) is 11.5 Å². The van der Waals surface area contributed by atoms with Crippen molar-refractivity contribution >= 4 is 22.9 Å². The van der Waals surface area contributed by atoms with E-state index in [1.165, 1.54) is 7.11 Å². The summed E-state index contributed by atoms with van der Waals surface area (Å²) in [5, 5.41) is 26.8. The van der Waals surface area contributed by atoms with Crippen molar-refractivity contribution in [3.8, 4) is 11.5 Å². The van der Waals surface area contributed by atoms with Crippen LogP contribution >= 0.6 is 0 Å². The van der Waals surface area contributed by atoms with Gasteiger partial charge in [0, 0.05) is 12.1 Å². The van der Waals surface area contributed by atoms with E-state index >= 15 is 0 Å². The molecule has 0 saturated carbocycles. The fourth-order valence-electron chi connectivity index (χ4n) is 3.67. The summed E-state index contributed by atoms with van der Waals surface area (Å²) in [4.78, 5) is 13.9. The predicted octanol–water partition coefficient (Wildman–Crippen LogP) is 3.63. The zero-order chi connectivity index (χ0) is 24.1. The van der Waals surface area contributed by atoms with Crippen molar-refractivity contribution in [1.82, 2.24) is 19.5 Å². The van der Waals surface area contributed by atoms with Gasteiger partial charge in [-0.05, 0) is 17.5 Å². The van der Waals surface area contributed by atoms with Gasteiger partial charge in [-0.2, -0.15) is 9.97 Å². The molecule has 0 spiro atoms. The van der Waals surface area contributed by atoms with E-state index in [0.717, 1.165) is 5.56 Å². The Morgan fingerprint density at radius 2 is 1.85 bits per heavy atom. The molecule has 2 aromatic heterocycles. The molecular formula is C25H30N6O3. The monoisotopic (exact) mass is 462 g/mol. The number of anilines is 2. The molecule has 2 heterocycles. The Bertz CT molecular complexity index is 1240. The number of aromatic nitrogens is 4. The van der Waals surface area contributed by atoms with Crippen LogP contribution in [-0.2, 0) is 13.1 Å². The van der Waals surface area contributed by atoms with Gasteiger partial charge in [0.2, 0.25) is 5.95 Å². The van der Waals surface area contributed by atoms with Gasteiger partial charge in [-0.25, -0.2) is 4.98 Å². The third kappa shape index (κ3) is 5.04. The minimum atomic E-state index is -0.196.